The normalized spacial score (nSPS) is 12.7. The molecule has 0 saturated heterocycles. The fourth-order valence-corrected chi connectivity index (χ4v) is 6.80. The topological polar surface area (TPSA) is 25.8 Å². The van der Waals surface area contributed by atoms with Gasteiger partial charge >= 0.3 is 0 Å². The number of rotatable bonds is 9. The molecule has 0 N–H and O–H groups in total. The minimum Gasteiger partial charge on any atom is -0.258 e. The molecule has 6 aromatic rings. The van der Waals surface area contributed by atoms with Gasteiger partial charge in [0.05, 0.1) is 12.4 Å². The van der Waals surface area contributed by atoms with E-state index in [9.17, 15) is 13.2 Å². The summed E-state index contributed by atoms with van der Waals surface area (Å²) in [5.41, 5.74) is 7.89. The summed E-state index contributed by atoms with van der Waals surface area (Å²) >= 11 is 5.90. The predicted octanol–water partition coefficient (Wildman–Crippen LogP) is 13.6. The summed E-state index contributed by atoms with van der Waals surface area (Å²) < 4.78 is 38.8. The van der Waals surface area contributed by atoms with Crippen molar-refractivity contribution in [2.75, 3.05) is 0 Å². The maximum atomic E-state index is 13.0. The van der Waals surface area contributed by atoms with E-state index in [-0.39, 0.29) is 29.3 Å². The van der Waals surface area contributed by atoms with Crippen LogP contribution in [0.5, 0.6) is 0 Å². The minimum atomic E-state index is -0.308. The van der Waals surface area contributed by atoms with Gasteiger partial charge in [-0.1, -0.05) is 138 Å². The highest BCUT2D eigenvalue weighted by Gasteiger charge is 2.21. The second-order valence-electron chi connectivity index (χ2n) is 14.4. The van der Waals surface area contributed by atoms with E-state index in [4.69, 9.17) is 11.6 Å². The largest absolute Gasteiger partial charge is 0.258 e. The molecule has 3 atom stereocenters. The van der Waals surface area contributed by atoms with Gasteiger partial charge < -0.3 is 0 Å². The van der Waals surface area contributed by atoms with Gasteiger partial charge in [-0.3, -0.25) is 9.97 Å². The van der Waals surface area contributed by atoms with Gasteiger partial charge in [0.2, 0.25) is 0 Å². The lowest BCUT2D eigenvalue weighted by Gasteiger charge is -2.22. The van der Waals surface area contributed by atoms with Crippen LogP contribution in [-0.2, 0) is 0 Å². The third-order valence-corrected chi connectivity index (χ3v) is 9.44. The van der Waals surface area contributed by atoms with Crippen molar-refractivity contribution in [3.05, 3.63) is 201 Å². The molecule has 6 heteroatoms. The summed E-state index contributed by atoms with van der Waals surface area (Å²) in [6, 6.07) is 39.9. The molecule has 0 aliphatic carbocycles. The lowest BCUT2D eigenvalue weighted by molar-refractivity contribution is 0.546. The van der Waals surface area contributed by atoms with Crippen LogP contribution in [0.4, 0.5) is 13.2 Å². The third kappa shape index (κ3) is 12.2. The van der Waals surface area contributed by atoms with Gasteiger partial charge in [0.1, 0.15) is 17.5 Å². The fourth-order valence-electron chi connectivity index (χ4n) is 6.67. The molecule has 53 heavy (non-hydrogen) atoms. The van der Waals surface area contributed by atoms with Crippen molar-refractivity contribution in [2.24, 2.45) is 17.8 Å². The molecule has 0 bridgehead atoms. The molecule has 0 aliphatic rings. The highest BCUT2D eigenvalue weighted by atomic mass is 35.5. The van der Waals surface area contributed by atoms with Crippen LogP contribution < -0.4 is 0 Å². The zero-order chi connectivity index (χ0) is 38.5. The average molecular weight is 735 g/mol. The molecule has 0 saturated carbocycles. The number of halogens is 4. The van der Waals surface area contributed by atoms with Crippen LogP contribution in [0, 0.1) is 42.1 Å². The molecule has 0 amide bonds. The number of hydrogen-bond donors (Lipinski definition) is 0. The van der Waals surface area contributed by atoms with Crippen molar-refractivity contribution in [1.29, 1.82) is 0 Å². The Labute approximate surface area is 319 Å². The van der Waals surface area contributed by atoms with Gasteiger partial charge in [-0.2, -0.15) is 0 Å². The lowest BCUT2D eigenvalue weighted by atomic mass is 9.83. The Hall–Kier alpha value is -4.74. The van der Waals surface area contributed by atoms with Crippen LogP contribution in [0.2, 0.25) is 5.02 Å². The summed E-state index contributed by atoms with van der Waals surface area (Å²) in [6.45, 7) is 15.0. The highest BCUT2D eigenvalue weighted by molar-refractivity contribution is 6.30. The van der Waals surface area contributed by atoms with Crippen molar-refractivity contribution < 1.29 is 13.2 Å². The lowest BCUT2D eigenvalue weighted by Crippen LogP contribution is -2.10. The molecule has 3 unspecified atom stereocenters. The number of nitrogens with zero attached hydrogens (tertiary/aromatic N) is 2. The predicted molar refractivity (Wildman–Crippen MR) is 214 cm³/mol. The zero-order valence-corrected chi connectivity index (χ0v) is 32.4. The number of aryl methyl sites for hydroxylation is 1. The van der Waals surface area contributed by atoms with Crippen molar-refractivity contribution in [3.8, 4) is 0 Å². The minimum absolute atomic E-state index is 0.155. The van der Waals surface area contributed by atoms with Gasteiger partial charge in [-0.05, 0) is 95.5 Å². The monoisotopic (exact) mass is 734 g/mol. The van der Waals surface area contributed by atoms with Gasteiger partial charge in [0.15, 0.2) is 0 Å². The van der Waals surface area contributed by atoms with E-state index >= 15 is 0 Å². The summed E-state index contributed by atoms with van der Waals surface area (Å²) in [7, 11) is 0. The number of benzene rings is 4. The van der Waals surface area contributed by atoms with E-state index in [2.05, 4.69) is 94.8 Å². The molecular weight excluding hydrogens is 685 g/mol. The Morgan fingerprint density at radius 3 is 1.17 bits per heavy atom. The smallest absolute Gasteiger partial charge is 0.141 e. The second kappa shape index (κ2) is 19.9. The highest BCUT2D eigenvalue weighted by Crippen LogP contribution is 2.33. The molecule has 2 aromatic heterocycles. The molecule has 0 spiro atoms. The van der Waals surface area contributed by atoms with Gasteiger partial charge in [0, 0.05) is 34.2 Å². The molecule has 2 heterocycles. The zero-order valence-electron chi connectivity index (χ0n) is 31.6. The molecule has 0 radical (unpaired) electrons. The van der Waals surface area contributed by atoms with Crippen LogP contribution in [0.1, 0.15) is 98.5 Å². The van der Waals surface area contributed by atoms with Crippen molar-refractivity contribution >= 4 is 11.6 Å². The summed E-state index contributed by atoms with van der Waals surface area (Å²) in [4.78, 5) is 8.41. The van der Waals surface area contributed by atoms with E-state index in [0.717, 1.165) is 17.0 Å². The van der Waals surface area contributed by atoms with Gasteiger partial charge in [0.25, 0.3) is 0 Å². The molecular formula is C47H50ClF3N2. The quantitative estimate of drug-likeness (QED) is 0.148. The Bertz CT molecular complexity index is 1740. The fraction of sp³-hybridized carbons (Fsp3) is 0.277. The van der Waals surface area contributed by atoms with Crippen LogP contribution in [0.15, 0.2) is 140 Å². The molecule has 4 aromatic carbocycles. The van der Waals surface area contributed by atoms with E-state index < -0.39 is 0 Å². The van der Waals surface area contributed by atoms with Gasteiger partial charge in [-0.15, -0.1) is 0 Å². The maximum Gasteiger partial charge on any atom is 0.141 e. The van der Waals surface area contributed by atoms with E-state index in [1.54, 1.807) is 12.1 Å². The first-order valence-corrected chi connectivity index (χ1v) is 18.6. The van der Waals surface area contributed by atoms with Crippen molar-refractivity contribution in [2.45, 2.75) is 66.2 Å². The molecule has 2 nitrogen and oxygen atoms in total. The van der Waals surface area contributed by atoms with Crippen molar-refractivity contribution in [1.82, 2.24) is 9.97 Å². The van der Waals surface area contributed by atoms with Crippen LogP contribution >= 0.6 is 11.6 Å². The standard InChI is InChI=1S/C16H18FN.C16H17F.C15H15ClFN/c1-11(2)16(13-6-4-12(3)5-7-13)15-9-8-14(17)10-18-15;1-12(2)16(13-6-4-3-5-7-13)14-8-10-15(17)11-9-14;1-10(2)15(11-3-5-12(16)6-4-11)14-8-7-13(17)9-18-14/h4-11,16H,1-3H3;3-12,16H,1-2H3;3-10,15H,1-2H3. The summed E-state index contributed by atoms with van der Waals surface area (Å²) in [5.74, 6) is 1.22. The van der Waals surface area contributed by atoms with Crippen molar-refractivity contribution in [3.63, 3.8) is 0 Å². The summed E-state index contributed by atoms with van der Waals surface area (Å²) in [5, 5.41) is 0.716. The number of hydrogen-bond acceptors (Lipinski definition) is 2. The first kappa shape index (κ1) is 41.0. The molecule has 276 valence electrons. The van der Waals surface area contributed by atoms with Gasteiger partial charge in [-0.25, -0.2) is 13.2 Å². The molecule has 6 rings (SSSR count). The second-order valence-corrected chi connectivity index (χ2v) is 14.8. The summed E-state index contributed by atoms with van der Waals surface area (Å²) in [6.07, 6.45) is 2.56. The van der Waals surface area contributed by atoms with E-state index in [1.165, 1.54) is 58.9 Å². The first-order valence-electron chi connectivity index (χ1n) is 18.2. The Morgan fingerprint density at radius 1 is 0.415 bits per heavy atom. The number of pyridine rings is 2. The average Bonchev–Trinajstić information content (AvgIpc) is 3.13. The Kier molecular flexibility index (Phi) is 15.4. The van der Waals surface area contributed by atoms with Crippen LogP contribution in [-0.4, -0.2) is 9.97 Å². The SMILES string of the molecule is CC(C)C(c1ccc(Cl)cc1)c1ccc(F)cn1.CC(C)C(c1ccccc1)c1ccc(F)cc1.Cc1ccc(C(c2ccc(F)cn2)C(C)C)cc1. The maximum absolute atomic E-state index is 13.0. The van der Waals surface area contributed by atoms with E-state index in [0.29, 0.717) is 28.7 Å². The Morgan fingerprint density at radius 2 is 0.774 bits per heavy atom. The third-order valence-electron chi connectivity index (χ3n) is 9.19. The number of aromatic nitrogens is 2. The van der Waals surface area contributed by atoms with Crippen LogP contribution in [0.25, 0.3) is 0 Å². The molecule has 0 fully saturated rings. The molecule has 0 aliphatic heterocycles. The van der Waals surface area contributed by atoms with E-state index in [1.807, 2.05) is 54.6 Å². The first-order chi connectivity index (χ1) is 25.3. The Balaban J connectivity index is 0.000000178. The van der Waals surface area contributed by atoms with Crippen LogP contribution in [0.3, 0.4) is 0 Å².